The maximum absolute atomic E-state index is 11.9. The van der Waals surface area contributed by atoms with Gasteiger partial charge in [0.2, 0.25) is 0 Å². The number of hydrogen-bond acceptors (Lipinski definition) is 4. The summed E-state index contributed by atoms with van der Waals surface area (Å²) in [6.07, 6.45) is 4.96. The summed E-state index contributed by atoms with van der Waals surface area (Å²) in [7, 11) is 0. The molecule has 1 aliphatic rings. The van der Waals surface area contributed by atoms with E-state index >= 15 is 0 Å². The minimum Gasteiger partial charge on any atom is -0.378 e. The van der Waals surface area contributed by atoms with E-state index in [1.165, 1.54) is 0 Å². The monoisotopic (exact) mass is 341 g/mol. The van der Waals surface area contributed by atoms with Crippen molar-refractivity contribution in [3.05, 3.63) is 28.5 Å². The third-order valence-corrected chi connectivity index (χ3v) is 3.86. The van der Waals surface area contributed by atoms with Crippen LogP contribution in [0.3, 0.4) is 0 Å². The summed E-state index contributed by atoms with van der Waals surface area (Å²) in [6, 6.07) is 3.59. The Balaban J connectivity index is 1.61. The van der Waals surface area contributed by atoms with E-state index in [9.17, 15) is 4.79 Å². The van der Waals surface area contributed by atoms with Crippen molar-refractivity contribution in [2.45, 2.75) is 25.4 Å². The molecule has 20 heavy (non-hydrogen) atoms. The van der Waals surface area contributed by atoms with Crippen LogP contribution in [-0.2, 0) is 4.74 Å². The topological polar surface area (TPSA) is 63.2 Å². The number of hydrogen-bond donors (Lipinski definition) is 2. The van der Waals surface area contributed by atoms with Crippen molar-refractivity contribution in [1.29, 1.82) is 0 Å². The lowest BCUT2D eigenvalue weighted by Crippen LogP contribution is -2.33. The fourth-order valence-corrected chi connectivity index (χ4v) is 2.56. The lowest BCUT2D eigenvalue weighted by Gasteiger charge is -2.22. The summed E-state index contributed by atoms with van der Waals surface area (Å²) in [6.45, 7) is 3.37. The highest BCUT2D eigenvalue weighted by molar-refractivity contribution is 9.10. The molecule has 1 aromatic rings. The van der Waals surface area contributed by atoms with Crippen molar-refractivity contribution in [3.63, 3.8) is 0 Å². The molecule has 1 fully saturated rings. The Morgan fingerprint density at radius 2 is 2.30 bits per heavy atom. The molecule has 110 valence electrons. The van der Waals surface area contributed by atoms with Crippen LogP contribution in [0.1, 0.15) is 29.8 Å². The molecule has 1 aromatic heterocycles. The molecule has 0 aliphatic carbocycles. The zero-order valence-corrected chi connectivity index (χ0v) is 13.0. The van der Waals surface area contributed by atoms with Crippen molar-refractivity contribution in [3.8, 4) is 0 Å². The number of halogens is 1. The first-order valence-corrected chi connectivity index (χ1v) is 7.77. The standard InChI is InChI=1S/C14H20BrN3O2/c15-12-3-1-6-17-13(12)14(19)18-7-2-10-20-11-4-8-16-9-5-11/h1,3,6,11,16H,2,4-5,7-10H2,(H,18,19). The number of ether oxygens (including phenoxy) is 1. The van der Waals surface area contributed by atoms with E-state index in [1.807, 2.05) is 6.07 Å². The van der Waals surface area contributed by atoms with E-state index in [0.717, 1.165) is 32.4 Å². The van der Waals surface area contributed by atoms with E-state index in [1.54, 1.807) is 12.3 Å². The second-order valence-corrected chi connectivity index (χ2v) is 5.62. The Morgan fingerprint density at radius 3 is 3.05 bits per heavy atom. The third kappa shape index (κ3) is 4.85. The molecule has 2 rings (SSSR count). The van der Waals surface area contributed by atoms with Crippen LogP contribution in [0.25, 0.3) is 0 Å². The molecule has 1 amide bonds. The number of carbonyl (C=O) groups is 1. The van der Waals surface area contributed by atoms with Gasteiger partial charge >= 0.3 is 0 Å². The third-order valence-electron chi connectivity index (χ3n) is 3.22. The highest BCUT2D eigenvalue weighted by Crippen LogP contribution is 2.12. The minimum atomic E-state index is -0.153. The van der Waals surface area contributed by atoms with Crippen molar-refractivity contribution in [1.82, 2.24) is 15.6 Å². The first-order chi connectivity index (χ1) is 9.77. The molecule has 0 radical (unpaired) electrons. The van der Waals surface area contributed by atoms with Crippen molar-refractivity contribution in [2.75, 3.05) is 26.2 Å². The quantitative estimate of drug-likeness (QED) is 0.773. The van der Waals surface area contributed by atoms with Gasteiger partial charge in [-0.25, -0.2) is 4.98 Å². The van der Waals surface area contributed by atoms with Crippen LogP contribution in [0.5, 0.6) is 0 Å². The highest BCUT2D eigenvalue weighted by Gasteiger charge is 2.13. The van der Waals surface area contributed by atoms with Gasteiger partial charge in [-0.15, -0.1) is 0 Å². The van der Waals surface area contributed by atoms with Gasteiger partial charge in [-0.05, 0) is 60.4 Å². The summed E-state index contributed by atoms with van der Waals surface area (Å²) in [5.41, 5.74) is 0.423. The zero-order chi connectivity index (χ0) is 14.2. The molecule has 1 saturated heterocycles. The number of carbonyl (C=O) groups excluding carboxylic acids is 1. The second kappa shape index (κ2) is 8.34. The first kappa shape index (κ1) is 15.4. The van der Waals surface area contributed by atoms with Crippen LogP contribution in [0, 0.1) is 0 Å². The number of nitrogens with zero attached hydrogens (tertiary/aromatic N) is 1. The predicted octanol–water partition coefficient (Wildman–Crippen LogP) is 1.73. The Morgan fingerprint density at radius 1 is 1.50 bits per heavy atom. The number of nitrogens with one attached hydrogen (secondary N) is 2. The van der Waals surface area contributed by atoms with Crippen LogP contribution in [0.2, 0.25) is 0 Å². The average Bonchev–Trinajstić information content (AvgIpc) is 2.48. The molecule has 0 atom stereocenters. The summed E-state index contributed by atoms with van der Waals surface area (Å²) >= 11 is 3.32. The summed E-state index contributed by atoms with van der Waals surface area (Å²) in [5.74, 6) is -0.153. The molecule has 0 unspecified atom stereocenters. The van der Waals surface area contributed by atoms with Gasteiger partial charge in [-0.2, -0.15) is 0 Å². The Bertz CT molecular complexity index is 436. The van der Waals surface area contributed by atoms with Gasteiger partial charge < -0.3 is 15.4 Å². The van der Waals surface area contributed by atoms with Crippen LogP contribution in [0.15, 0.2) is 22.8 Å². The second-order valence-electron chi connectivity index (χ2n) is 4.76. The Hall–Kier alpha value is -0.980. The first-order valence-electron chi connectivity index (χ1n) is 6.98. The molecule has 6 heteroatoms. The number of piperidine rings is 1. The molecule has 0 saturated carbocycles. The maximum Gasteiger partial charge on any atom is 0.271 e. The zero-order valence-electron chi connectivity index (χ0n) is 11.4. The highest BCUT2D eigenvalue weighted by atomic mass is 79.9. The van der Waals surface area contributed by atoms with E-state index in [-0.39, 0.29) is 5.91 Å². The Kier molecular flexibility index (Phi) is 6.42. The number of rotatable bonds is 6. The lowest BCUT2D eigenvalue weighted by atomic mass is 10.1. The smallest absolute Gasteiger partial charge is 0.271 e. The average molecular weight is 342 g/mol. The molecule has 5 nitrogen and oxygen atoms in total. The van der Waals surface area contributed by atoms with Gasteiger partial charge in [0.05, 0.1) is 6.10 Å². The number of aromatic nitrogens is 1. The predicted molar refractivity (Wildman–Crippen MR) is 80.7 cm³/mol. The van der Waals surface area contributed by atoms with Crippen LogP contribution in [0.4, 0.5) is 0 Å². The van der Waals surface area contributed by atoms with Gasteiger partial charge in [-0.1, -0.05) is 0 Å². The summed E-state index contributed by atoms with van der Waals surface area (Å²) < 4.78 is 6.49. The minimum absolute atomic E-state index is 0.153. The fourth-order valence-electron chi connectivity index (χ4n) is 2.12. The van der Waals surface area contributed by atoms with Crippen molar-refractivity contribution >= 4 is 21.8 Å². The molecule has 1 aliphatic heterocycles. The van der Waals surface area contributed by atoms with E-state index in [0.29, 0.717) is 29.4 Å². The normalized spacial score (nSPS) is 16.1. The van der Waals surface area contributed by atoms with Gasteiger partial charge in [0, 0.05) is 23.8 Å². The fraction of sp³-hybridized carbons (Fsp3) is 0.571. The van der Waals surface area contributed by atoms with Crippen molar-refractivity contribution in [2.24, 2.45) is 0 Å². The molecule has 2 N–H and O–H groups in total. The summed E-state index contributed by atoms with van der Waals surface area (Å²) in [5, 5.41) is 6.16. The van der Waals surface area contributed by atoms with Crippen LogP contribution in [-0.4, -0.2) is 43.2 Å². The number of amides is 1. The maximum atomic E-state index is 11.9. The molecule has 0 aromatic carbocycles. The Labute approximate surface area is 127 Å². The van der Waals surface area contributed by atoms with Gasteiger partial charge in [0.25, 0.3) is 5.91 Å². The molecule has 0 bridgehead atoms. The molecule has 0 spiro atoms. The van der Waals surface area contributed by atoms with E-state index in [4.69, 9.17) is 4.74 Å². The van der Waals surface area contributed by atoms with Gasteiger partial charge in [0.15, 0.2) is 0 Å². The molecular formula is C14H20BrN3O2. The van der Waals surface area contributed by atoms with Gasteiger partial charge in [-0.3, -0.25) is 4.79 Å². The van der Waals surface area contributed by atoms with Gasteiger partial charge in [0.1, 0.15) is 5.69 Å². The SMILES string of the molecule is O=C(NCCCOC1CCNCC1)c1ncccc1Br. The largest absolute Gasteiger partial charge is 0.378 e. The lowest BCUT2D eigenvalue weighted by molar-refractivity contribution is 0.0317. The van der Waals surface area contributed by atoms with Crippen LogP contribution < -0.4 is 10.6 Å². The number of pyridine rings is 1. The van der Waals surface area contributed by atoms with E-state index < -0.39 is 0 Å². The van der Waals surface area contributed by atoms with Crippen LogP contribution >= 0.6 is 15.9 Å². The summed E-state index contributed by atoms with van der Waals surface area (Å²) in [4.78, 5) is 15.9. The molecule has 2 heterocycles. The molecular weight excluding hydrogens is 322 g/mol. The van der Waals surface area contributed by atoms with Crippen molar-refractivity contribution < 1.29 is 9.53 Å². The van der Waals surface area contributed by atoms with E-state index in [2.05, 4.69) is 31.5 Å².